The van der Waals surface area contributed by atoms with Gasteiger partial charge < -0.3 is 20.9 Å². The molecule has 1 aliphatic rings. The molecule has 0 bridgehead atoms. The highest BCUT2D eigenvalue weighted by Gasteiger charge is 2.23. The van der Waals surface area contributed by atoms with Gasteiger partial charge in [-0.3, -0.25) is 4.79 Å². The third-order valence-electron chi connectivity index (χ3n) is 4.77. The quantitative estimate of drug-likeness (QED) is 0.716. The fourth-order valence-electron chi connectivity index (χ4n) is 3.27. The molecule has 1 saturated heterocycles. The molecule has 0 saturated carbocycles. The molecular formula is C21H25FN4O2. The standard InChI is InChI=1S/C21H25FN4O2/c1-2-23-20(27)16-3-7-18(8-4-16)25-21(28)24-13-15-11-12-26(14-15)19-9-5-17(22)6-10-19/h3-10,15H,2,11-14H2,1H3,(H,23,27)(H2,24,25,28)/t15-/m0/s1. The molecule has 3 rings (SSSR count). The van der Waals surface area contributed by atoms with Gasteiger partial charge in [-0.25, -0.2) is 9.18 Å². The van der Waals surface area contributed by atoms with E-state index in [1.165, 1.54) is 12.1 Å². The summed E-state index contributed by atoms with van der Waals surface area (Å²) in [6, 6.07) is 13.0. The van der Waals surface area contributed by atoms with Crippen molar-refractivity contribution in [2.75, 3.05) is 36.4 Å². The molecule has 1 atom stereocenters. The highest BCUT2D eigenvalue weighted by molar-refractivity contribution is 5.95. The normalized spacial score (nSPS) is 15.9. The molecule has 6 nitrogen and oxygen atoms in total. The summed E-state index contributed by atoms with van der Waals surface area (Å²) in [6.07, 6.45) is 0.971. The minimum atomic E-state index is -0.272. The van der Waals surface area contributed by atoms with E-state index in [2.05, 4.69) is 20.9 Å². The molecule has 0 spiro atoms. The number of carbonyl (C=O) groups excluding carboxylic acids is 2. The van der Waals surface area contributed by atoms with Crippen molar-refractivity contribution in [2.24, 2.45) is 5.92 Å². The number of benzene rings is 2. The van der Waals surface area contributed by atoms with Crippen LogP contribution >= 0.6 is 0 Å². The Bertz CT molecular complexity index is 808. The molecule has 1 heterocycles. The van der Waals surface area contributed by atoms with Gasteiger partial charge in [0.05, 0.1) is 0 Å². The van der Waals surface area contributed by atoms with Crippen molar-refractivity contribution in [3.8, 4) is 0 Å². The van der Waals surface area contributed by atoms with Gasteiger partial charge in [-0.2, -0.15) is 0 Å². The fourth-order valence-corrected chi connectivity index (χ4v) is 3.27. The van der Waals surface area contributed by atoms with Crippen molar-refractivity contribution in [1.82, 2.24) is 10.6 Å². The zero-order valence-electron chi connectivity index (χ0n) is 15.9. The maximum absolute atomic E-state index is 13.0. The van der Waals surface area contributed by atoms with Gasteiger partial charge in [-0.1, -0.05) is 0 Å². The molecule has 0 aliphatic carbocycles. The highest BCUT2D eigenvalue weighted by atomic mass is 19.1. The Labute approximate surface area is 164 Å². The lowest BCUT2D eigenvalue weighted by Gasteiger charge is -2.19. The monoisotopic (exact) mass is 384 g/mol. The summed E-state index contributed by atoms with van der Waals surface area (Å²) in [6.45, 7) is 4.72. The first kappa shape index (κ1) is 19.7. The molecule has 148 valence electrons. The van der Waals surface area contributed by atoms with Crippen LogP contribution in [0.15, 0.2) is 48.5 Å². The Morgan fingerprint density at radius 2 is 1.79 bits per heavy atom. The Morgan fingerprint density at radius 1 is 1.07 bits per heavy atom. The smallest absolute Gasteiger partial charge is 0.319 e. The molecule has 2 aromatic rings. The molecule has 0 aromatic heterocycles. The van der Waals surface area contributed by atoms with Crippen molar-refractivity contribution < 1.29 is 14.0 Å². The third kappa shape index (κ3) is 5.22. The molecule has 1 fully saturated rings. The molecular weight excluding hydrogens is 359 g/mol. The predicted octanol–water partition coefficient (Wildman–Crippen LogP) is 3.22. The van der Waals surface area contributed by atoms with Crippen LogP contribution in [0.25, 0.3) is 0 Å². The number of nitrogens with zero attached hydrogens (tertiary/aromatic N) is 1. The van der Waals surface area contributed by atoms with Crippen LogP contribution in [0.2, 0.25) is 0 Å². The van der Waals surface area contributed by atoms with E-state index in [0.29, 0.717) is 30.3 Å². The second kappa shape index (κ2) is 9.21. The Hall–Kier alpha value is -3.09. The van der Waals surface area contributed by atoms with E-state index in [0.717, 1.165) is 25.2 Å². The van der Waals surface area contributed by atoms with Crippen molar-refractivity contribution >= 4 is 23.3 Å². The lowest BCUT2D eigenvalue weighted by Crippen LogP contribution is -2.34. The Kier molecular flexibility index (Phi) is 6.47. The van der Waals surface area contributed by atoms with Crippen LogP contribution in [0.5, 0.6) is 0 Å². The minimum Gasteiger partial charge on any atom is -0.371 e. The van der Waals surface area contributed by atoms with Gasteiger partial charge in [0, 0.05) is 43.1 Å². The van der Waals surface area contributed by atoms with Gasteiger partial charge in [0.25, 0.3) is 5.91 Å². The molecule has 1 aliphatic heterocycles. The number of amides is 3. The maximum Gasteiger partial charge on any atom is 0.319 e. The van der Waals surface area contributed by atoms with E-state index in [1.807, 2.05) is 6.92 Å². The summed E-state index contributed by atoms with van der Waals surface area (Å²) in [5.41, 5.74) is 2.19. The van der Waals surface area contributed by atoms with Crippen molar-refractivity contribution in [1.29, 1.82) is 0 Å². The summed E-state index contributed by atoms with van der Waals surface area (Å²) < 4.78 is 13.0. The maximum atomic E-state index is 13.0. The van der Waals surface area contributed by atoms with E-state index in [9.17, 15) is 14.0 Å². The fraction of sp³-hybridized carbons (Fsp3) is 0.333. The van der Waals surface area contributed by atoms with Crippen LogP contribution in [-0.4, -0.2) is 38.1 Å². The molecule has 28 heavy (non-hydrogen) atoms. The second-order valence-corrected chi connectivity index (χ2v) is 6.85. The number of urea groups is 1. The second-order valence-electron chi connectivity index (χ2n) is 6.85. The average molecular weight is 384 g/mol. The first-order valence-electron chi connectivity index (χ1n) is 9.48. The number of carbonyl (C=O) groups is 2. The van der Waals surface area contributed by atoms with E-state index < -0.39 is 0 Å². The van der Waals surface area contributed by atoms with Crippen LogP contribution in [-0.2, 0) is 0 Å². The summed E-state index contributed by atoms with van der Waals surface area (Å²) in [5.74, 6) is -0.0294. The predicted molar refractivity (Wildman–Crippen MR) is 108 cm³/mol. The van der Waals surface area contributed by atoms with E-state index in [-0.39, 0.29) is 17.8 Å². The minimum absolute atomic E-state index is 0.134. The first-order chi connectivity index (χ1) is 13.5. The van der Waals surface area contributed by atoms with Crippen LogP contribution in [0.3, 0.4) is 0 Å². The van der Waals surface area contributed by atoms with E-state index >= 15 is 0 Å². The number of nitrogens with one attached hydrogen (secondary N) is 3. The zero-order valence-corrected chi connectivity index (χ0v) is 15.9. The van der Waals surface area contributed by atoms with Crippen LogP contribution in [0.4, 0.5) is 20.6 Å². The van der Waals surface area contributed by atoms with Gasteiger partial charge in [0.2, 0.25) is 0 Å². The summed E-state index contributed by atoms with van der Waals surface area (Å²) in [5, 5.41) is 8.40. The molecule has 0 unspecified atom stereocenters. The van der Waals surface area contributed by atoms with Gasteiger partial charge in [-0.05, 0) is 67.8 Å². The summed E-state index contributed by atoms with van der Waals surface area (Å²) in [4.78, 5) is 26.1. The SMILES string of the molecule is CCNC(=O)c1ccc(NC(=O)NC[C@@H]2CCN(c3ccc(F)cc3)C2)cc1. The number of halogens is 1. The summed E-state index contributed by atoms with van der Waals surface area (Å²) in [7, 11) is 0. The highest BCUT2D eigenvalue weighted by Crippen LogP contribution is 2.23. The van der Waals surface area contributed by atoms with Crippen molar-refractivity contribution in [3.05, 3.63) is 59.9 Å². The third-order valence-corrected chi connectivity index (χ3v) is 4.77. The molecule has 7 heteroatoms. The number of hydrogen-bond acceptors (Lipinski definition) is 3. The van der Waals surface area contributed by atoms with Crippen molar-refractivity contribution in [3.63, 3.8) is 0 Å². The summed E-state index contributed by atoms with van der Waals surface area (Å²) >= 11 is 0. The van der Waals surface area contributed by atoms with Gasteiger partial charge in [0.1, 0.15) is 5.82 Å². The lowest BCUT2D eigenvalue weighted by atomic mass is 10.1. The van der Waals surface area contributed by atoms with Crippen LogP contribution < -0.4 is 20.9 Å². The Balaban J connectivity index is 1.43. The first-order valence-corrected chi connectivity index (χ1v) is 9.48. The lowest BCUT2D eigenvalue weighted by molar-refractivity contribution is 0.0956. The van der Waals surface area contributed by atoms with Crippen LogP contribution in [0, 0.1) is 11.7 Å². The zero-order chi connectivity index (χ0) is 19.9. The van der Waals surface area contributed by atoms with E-state index in [4.69, 9.17) is 0 Å². The molecule has 3 N–H and O–H groups in total. The van der Waals surface area contributed by atoms with Gasteiger partial charge >= 0.3 is 6.03 Å². The largest absolute Gasteiger partial charge is 0.371 e. The topological polar surface area (TPSA) is 73.5 Å². The van der Waals surface area contributed by atoms with Crippen LogP contribution in [0.1, 0.15) is 23.7 Å². The number of anilines is 2. The van der Waals surface area contributed by atoms with Gasteiger partial charge in [-0.15, -0.1) is 0 Å². The number of hydrogen-bond donors (Lipinski definition) is 3. The molecule has 3 amide bonds. The van der Waals surface area contributed by atoms with Crippen molar-refractivity contribution in [2.45, 2.75) is 13.3 Å². The van der Waals surface area contributed by atoms with E-state index in [1.54, 1.807) is 36.4 Å². The molecule has 2 aromatic carbocycles. The number of rotatable bonds is 6. The Morgan fingerprint density at radius 3 is 2.46 bits per heavy atom. The molecule has 0 radical (unpaired) electrons. The van der Waals surface area contributed by atoms with Gasteiger partial charge in [0.15, 0.2) is 0 Å². The average Bonchev–Trinajstić information content (AvgIpc) is 3.17.